The molecule has 1 saturated heterocycles. The first kappa shape index (κ1) is 27.7. The van der Waals surface area contributed by atoms with Gasteiger partial charge in [-0.05, 0) is 23.8 Å². The van der Waals surface area contributed by atoms with Gasteiger partial charge in [0.15, 0.2) is 4.90 Å². The lowest BCUT2D eigenvalue weighted by atomic mass is 10.0. The van der Waals surface area contributed by atoms with Crippen LogP contribution in [0.5, 0.6) is 0 Å². The fourth-order valence-electron chi connectivity index (χ4n) is 3.10. The number of hydrogen-bond acceptors (Lipinski definition) is 8. The van der Waals surface area contributed by atoms with E-state index in [4.69, 9.17) is 9.90 Å². The number of sulfonamides is 1. The summed E-state index contributed by atoms with van der Waals surface area (Å²) < 4.78 is 63.7. The van der Waals surface area contributed by atoms with Crippen LogP contribution in [0.4, 0.5) is 18.9 Å². The number of ether oxygens (including phenoxy) is 1. The quantitative estimate of drug-likeness (QED) is 0.344. The summed E-state index contributed by atoms with van der Waals surface area (Å²) in [5.74, 6) is -3.21. The number of para-hydroxylation sites is 1. The molecule has 1 aliphatic rings. The molecule has 2 aromatic rings. The van der Waals surface area contributed by atoms with Crippen LogP contribution in [0.3, 0.4) is 0 Å². The lowest BCUT2D eigenvalue weighted by molar-refractivity contribution is -0.387. The second kappa shape index (κ2) is 11.2. The average molecular weight is 519 g/mol. The summed E-state index contributed by atoms with van der Waals surface area (Å²) in [5, 5.41) is 21.6. The van der Waals surface area contributed by atoms with E-state index in [0.717, 1.165) is 5.56 Å². The zero-order valence-electron chi connectivity index (χ0n) is 18.1. The molecule has 1 aliphatic heterocycles. The highest BCUT2D eigenvalue weighted by Gasteiger charge is 2.38. The zero-order valence-corrected chi connectivity index (χ0v) is 18.9. The molecule has 1 heterocycles. The van der Waals surface area contributed by atoms with Crippen molar-refractivity contribution < 1.29 is 45.9 Å². The number of methoxy groups -OCH3 is 1. The molecule has 0 amide bonds. The minimum atomic E-state index is -5.08. The van der Waals surface area contributed by atoms with E-state index in [0.29, 0.717) is 12.1 Å². The van der Waals surface area contributed by atoms with Crippen molar-refractivity contribution in [3.05, 3.63) is 69.8 Å². The topological polar surface area (TPSA) is 156 Å². The summed E-state index contributed by atoms with van der Waals surface area (Å²) in [5.41, 5.74) is 0.751. The highest BCUT2D eigenvalue weighted by molar-refractivity contribution is 7.89. The third-order valence-electron chi connectivity index (χ3n) is 4.79. The second-order valence-corrected chi connectivity index (χ2v) is 8.92. The van der Waals surface area contributed by atoms with Crippen molar-refractivity contribution in [1.82, 2.24) is 9.62 Å². The van der Waals surface area contributed by atoms with E-state index in [1.807, 2.05) is 0 Å². The monoisotopic (exact) mass is 519 g/mol. The van der Waals surface area contributed by atoms with Gasteiger partial charge in [-0.1, -0.05) is 24.3 Å². The van der Waals surface area contributed by atoms with E-state index in [2.05, 4.69) is 10.1 Å². The standard InChI is InChI=1S/C18H19N3O6S.C2HF3O2/c1-27-18(22)14-8-6-13(7-9-14)15-12-20(11-10-19-15)28(25,26)17-5-3-2-4-16(17)21(23)24;3-2(4,5)1(6)7/h2-9,15,19H,10-12H2,1H3;(H,6,7)/t15-;/m0./s1. The predicted molar refractivity (Wildman–Crippen MR) is 114 cm³/mol. The van der Waals surface area contributed by atoms with Crippen LogP contribution in [0, 0.1) is 10.1 Å². The maximum absolute atomic E-state index is 13.0. The molecular weight excluding hydrogens is 499 g/mol. The second-order valence-electron chi connectivity index (χ2n) is 7.01. The number of nitrogens with zero attached hydrogens (tertiary/aromatic N) is 2. The number of esters is 1. The number of piperazine rings is 1. The number of nitrogens with one attached hydrogen (secondary N) is 1. The lowest BCUT2D eigenvalue weighted by Gasteiger charge is -2.33. The summed E-state index contributed by atoms with van der Waals surface area (Å²) in [6.45, 7) is 0.709. The van der Waals surface area contributed by atoms with Gasteiger partial charge in [0.25, 0.3) is 5.69 Å². The fraction of sp³-hybridized carbons (Fsp3) is 0.300. The predicted octanol–water partition coefficient (Wildman–Crippen LogP) is 2.35. The average Bonchev–Trinajstić information content (AvgIpc) is 2.83. The number of carboxylic acid groups (broad SMARTS) is 1. The van der Waals surface area contributed by atoms with Crippen molar-refractivity contribution in [3.63, 3.8) is 0 Å². The van der Waals surface area contributed by atoms with Gasteiger partial charge < -0.3 is 15.2 Å². The van der Waals surface area contributed by atoms with E-state index < -0.39 is 38.7 Å². The molecule has 15 heteroatoms. The van der Waals surface area contributed by atoms with Crippen molar-refractivity contribution in [1.29, 1.82) is 0 Å². The van der Waals surface area contributed by atoms with E-state index in [9.17, 15) is 36.5 Å². The number of benzene rings is 2. The molecule has 35 heavy (non-hydrogen) atoms. The van der Waals surface area contributed by atoms with E-state index >= 15 is 0 Å². The van der Waals surface area contributed by atoms with E-state index in [1.165, 1.54) is 35.7 Å². The maximum Gasteiger partial charge on any atom is 0.490 e. The molecule has 0 saturated carbocycles. The van der Waals surface area contributed by atoms with Gasteiger partial charge in [-0.2, -0.15) is 17.5 Å². The molecular formula is C20H20F3N3O8S. The minimum absolute atomic E-state index is 0.117. The molecule has 0 aliphatic carbocycles. The van der Waals surface area contributed by atoms with Gasteiger partial charge in [-0.15, -0.1) is 0 Å². The molecule has 0 radical (unpaired) electrons. The zero-order chi connectivity index (χ0) is 26.4. The Hall–Kier alpha value is -3.56. The summed E-state index contributed by atoms with van der Waals surface area (Å²) in [4.78, 5) is 30.7. The Balaban J connectivity index is 0.000000540. The first-order valence-electron chi connectivity index (χ1n) is 9.74. The summed E-state index contributed by atoms with van der Waals surface area (Å²) >= 11 is 0. The number of hydrogen-bond donors (Lipinski definition) is 2. The van der Waals surface area contributed by atoms with Crippen LogP contribution in [-0.2, 0) is 19.6 Å². The number of carboxylic acids is 1. The summed E-state index contributed by atoms with van der Waals surface area (Å²) in [6.07, 6.45) is -5.08. The third kappa shape index (κ3) is 6.97. The molecule has 190 valence electrons. The van der Waals surface area contributed by atoms with Crippen LogP contribution in [0.25, 0.3) is 0 Å². The first-order chi connectivity index (χ1) is 16.3. The molecule has 0 spiro atoms. The molecule has 2 N–H and O–H groups in total. The Morgan fingerprint density at radius 3 is 2.26 bits per heavy atom. The van der Waals surface area contributed by atoms with Gasteiger partial charge in [0.2, 0.25) is 10.0 Å². The Kier molecular flexibility index (Phi) is 8.89. The Morgan fingerprint density at radius 2 is 1.74 bits per heavy atom. The van der Waals surface area contributed by atoms with Gasteiger partial charge in [0.1, 0.15) is 0 Å². The highest BCUT2D eigenvalue weighted by atomic mass is 32.2. The van der Waals surface area contributed by atoms with Crippen LogP contribution in [0.1, 0.15) is 22.0 Å². The number of carbonyl (C=O) groups is 2. The first-order valence-corrected chi connectivity index (χ1v) is 11.2. The van der Waals surface area contributed by atoms with Crippen molar-refractivity contribution in [2.24, 2.45) is 0 Å². The maximum atomic E-state index is 13.0. The van der Waals surface area contributed by atoms with Gasteiger partial charge in [0.05, 0.1) is 17.6 Å². The van der Waals surface area contributed by atoms with Crippen molar-refractivity contribution in [3.8, 4) is 0 Å². The largest absolute Gasteiger partial charge is 0.490 e. The SMILES string of the molecule is COC(=O)c1ccc([C@@H]2CN(S(=O)(=O)c3ccccc3[N+](=O)[O-])CCN2)cc1.O=C(O)C(F)(F)F. The number of halogens is 3. The van der Waals surface area contributed by atoms with Gasteiger partial charge in [0, 0.05) is 31.7 Å². The van der Waals surface area contributed by atoms with Crippen LogP contribution < -0.4 is 5.32 Å². The number of nitro benzene ring substituents is 1. The van der Waals surface area contributed by atoms with Crippen molar-refractivity contribution in [2.75, 3.05) is 26.7 Å². The number of rotatable bonds is 5. The van der Waals surface area contributed by atoms with Crippen LogP contribution in [0.15, 0.2) is 53.4 Å². The Bertz CT molecular complexity index is 1190. The normalized spacial score (nSPS) is 16.5. The summed E-state index contributed by atoms with van der Waals surface area (Å²) in [6, 6.07) is 11.7. The molecule has 0 aromatic heterocycles. The molecule has 0 bridgehead atoms. The van der Waals surface area contributed by atoms with Gasteiger partial charge >= 0.3 is 18.1 Å². The van der Waals surface area contributed by atoms with Crippen LogP contribution in [0.2, 0.25) is 0 Å². The molecule has 1 fully saturated rings. The van der Waals surface area contributed by atoms with Crippen LogP contribution in [-0.4, -0.2) is 67.6 Å². The van der Waals surface area contributed by atoms with Crippen LogP contribution >= 0.6 is 0 Å². The van der Waals surface area contributed by atoms with Gasteiger partial charge in [-0.25, -0.2) is 18.0 Å². The number of aliphatic carboxylic acids is 1. The molecule has 2 aromatic carbocycles. The number of alkyl halides is 3. The highest BCUT2D eigenvalue weighted by Crippen LogP contribution is 2.29. The molecule has 11 nitrogen and oxygen atoms in total. The molecule has 1 atom stereocenters. The van der Waals surface area contributed by atoms with E-state index in [-0.39, 0.29) is 24.0 Å². The van der Waals surface area contributed by atoms with Gasteiger partial charge in [-0.3, -0.25) is 10.1 Å². The van der Waals surface area contributed by atoms with Crippen molar-refractivity contribution in [2.45, 2.75) is 17.1 Å². The fourth-order valence-corrected chi connectivity index (χ4v) is 4.71. The smallest absolute Gasteiger partial charge is 0.475 e. The van der Waals surface area contributed by atoms with Crippen molar-refractivity contribution >= 4 is 27.6 Å². The molecule has 0 unspecified atom stereocenters. The number of carbonyl (C=O) groups excluding carboxylic acids is 1. The Labute approximate surface area is 197 Å². The minimum Gasteiger partial charge on any atom is -0.475 e. The third-order valence-corrected chi connectivity index (χ3v) is 6.71. The lowest BCUT2D eigenvalue weighted by Crippen LogP contribution is -2.48. The van der Waals surface area contributed by atoms with E-state index in [1.54, 1.807) is 24.3 Å². The Morgan fingerprint density at radius 1 is 1.17 bits per heavy atom. The number of nitro groups is 1. The molecule has 3 rings (SSSR count). The summed E-state index contributed by atoms with van der Waals surface area (Å²) in [7, 11) is -2.73.